The van der Waals surface area contributed by atoms with Crippen molar-refractivity contribution in [1.82, 2.24) is 0 Å². The van der Waals surface area contributed by atoms with Crippen molar-refractivity contribution in [3.8, 4) is 5.75 Å². The fourth-order valence-corrected chi connectivity index (χ4v) is 1.66. The fraction of sp³-hybridized carbons (Fsp3) is 0.500. The summed E-state index contributed by atoms with van der Waals surface area (Å²) in [5.41, 5.74) is 8.05. The van der Waals surface area contributed by atoms with Gasteiger partial charge in [0.1, 0.15) is 5.75 Å². The zero-order valence-corrected chi connectivity index (χ0v) is 11.2. The summed E-state index contributed by atoms with van der Waals surface area (Å²) in [7, 11) is 1.39. The van der Waals surface area contributed by atoms with E-state index in [0.717, 1.165) is 16.9 Å². The first kappa shape index (κ1) is 14.5. The van der Waals surface area contributed by atoms with Crippen LogP contribution in [0.1, 0.15) is 36.9 Å². The summed E-state index contributed by atoms with van der Waals surface area (Å²) in [6.07, 6.45) is 1.01. The maximum atomic E-state index is 10.9. The molecule has 4 nitrogen and oxygen atoms in total. The molecule has 0 saturated heterocycles. The second-order valence-corrected chi connectivity index (χ2v) is 4.36. The summed E-state index contributed by atoms with van der Waals surface area (Å²) in [6.45, 7) is 4.43. The molecule has 0 unspecified atom stereocenters. The summed E-state index contributed by atoms with van der Waals surface area (Å²) in [4.78, 5) is 10.9. The van der Waals surface area contributed by atoms with Crippen molar-refractivity contribution in [3.63, 3.8) is 0 Å². The molecular weight excluding hydrogens is 230 g/mol. The van der Waals surface area contributed by atoms with Crippen molar-refractivity contribution in [2.24, 2.45) is 5.73 Å². The van der Waals surface area contributed by atoms with Crippen LogP contribution in [0.15, 0.2) is 18.2 Å². The lowest BCUT2D eigenvalue weighted by Crippen LogP contribution is -2.10. The van der Waals surface area contributed by atoms with Gasteiger partial charge in [0.05, 0.1) is 13.7 Å². The van der Waals surface area contributed by atoms with Gasteiger partial charge < -0.3 is 15.2 Å². The van der Waals surface area contributed by atoms with Gasteiger partial charge in [-0.3, -0.25) is 4.79 Å². The summed E-state index contributed by atoms with van der Waals surface area (Å²) < 4.78 is 10.2. The van der Waals surface area contributed by atoms with Crippen molar-refractivity contribution in [2.45, 2.75) is 32.7 Å². The topological polar surface area (TPSA) is 61.5 Å². The highest BCUT2D eigenvalue weighted by atomic mass is 16.5. The Kier molecular flexibility index (Phi) is 5.65. The molecule has 1 rings (SSSR count). The van der Waals surface area contributed by atoms with Crippen molar-refractivity contribution >= 4 is 5.97 Å². The van der Waals surface area contributed by atoms with Crippen LogP contribution in [0.5, 0.6) is 5.75 Å². The van der Waals surface area contributed by atoms with Crippen molar-refractivity contribution in [3.05, 3.63) is 29.3 Å². The number of methoxy groups -OCH3 is 1. The van der Waals surface area contributed by atoms with Crippen LogP contribution in [0.3, 0.4) is 0 Å². The van der Waals surface area contributed by atoms with Gasteiger partial charge in [-0.05, 0) is 26.3 Å². The van der Waals surface area contributed by atoms with Gasteiger partial charge in [0.15, 0.2) is 0 Å². The van der Waals surface area contributed by atoms with E-state index in [0.29, 0.717) is 19.4 Å². The molecule has 0 heterocycles. The number of benzene rings is 1. The number of nitrogens with two attached hydrogens (primary N) is 1. The molecule has 0 aromatic heterocycles. The van der Waals surface area contributed by atoms with E-state index in [2.05, 4.69) is 4.74 Å². The molecule has 18 heavy (non-hydrogen) atoms. The smallest absolute Gasteiger partial charge is 0.305 e. The fourth-order valence-electron chi connectivity index (χ4n) is 1.66. The molecule has 0 aliphatic rings. The number of carbonyl (C=O) groups is 1. The second-order valence-electron chi connectivity index (χ2n) is 4.36. The molecule has 0 radical (unpaired) electrons. The highest BCUT2D eigenvalue weighted by Crippen LogP contribution is 2.25. The Bertz CT molecular complexity index is 402. The van der Waals surface area contributed by atoms with E-state index in [4.69, 9.17) is 10.5 Å². The maximum Gasteiger partial charge on any atom is 0.305 e. The first-order chi connectivity index (χ1) is 8.54. The summed E-state index contributed by atoms with van der Waals surface area (Å²) in [5.74, 6) is 0.579. The lowest BCUT2D eigenvalue weighted by molar-refractivity contribution is -0.140. The first-order valence-electron chi connectivity index (χ1n) is 6.10. The third-order valence-corrected chi connectivity index (χ3v) is 2.67. The van der Waals surface area contributed by atoms with Crippen LogP contribution in [-0.2, 0) is 9.53 Å². The predicted molar refractivity (Wildman–Crippen MR) is 70.5 cm³/mol. The highest BCUT2D eigenvalue weighted by Gasteiger charge is 2.08. The predicted octanol–water partition coefficient (Wildman–Crippen LogP) is 2.35. The van der Waals surface area contributed by atoms with Gasteiger partial charge in [-0.25, -0.2) is 0 Å². The average Bonchev–Trinajstić information content (AvgIpc) is 2.35. The Hall–Kier alpha value is -1.55. The van der Waals surface area contributed by atoms with E-state index in [1.807, 2.05) is 32.0 Å². The van der Waals surface area contributed by atoms with E-state index >= 15 is 0 Å². The molecule has 0 aliphatic heterocycles. The summed E-state index contributed by atoms with van der Waals surface area (Å²) in [5, 5.41) is 0. The zero-order chi connectivity index (χ0) is 13.5. The van der Waals surface area contributed by atoms with Gasteiger partial charge in [-0.15, -0.1) is 0 Å². The average molecular weight is 251 g/mol. The molecule has 1 atom stereocenters. The van der Waals surface area contributed by atoms with Crippen molar-refractivity contribution in [2.75, 3.05) is 13.7 Å². The van der Waals surface area contributed by atoms with Crippen LogP contribution in [0.2, 0.25) is 0 Å². The number of carbonyl (C=O) groups excluding carboxylic acids is 1. The van der Waals surface area contributed by atoms with Crippen LogP contribution < -0.4 is 10.5 Å². The quantitative estimate of drug-likeness (QED) is 0.622. The Morgan fingerprint density at radius 3 is 2.78 bits per heavy atom. The minimum Gasteiger partial charge on any atom is -0.493 e. The number of hydrogen-bond acceptors (Lipinski definition) is 4. The first-order valence-corrected chi connectivity index (χ1v) is 6.10. The third-order valence-electron chi connectivity index (χ3n) is 2.67. The molecule has 0 fully saturated rings. The SMILES string of the molecule is COC(=O)CCCOc1ccc(C)cc1[C@@H](C)N. The van der Waals surface area contributed by atoms with Gasteiger partial charge in [0, 0.05) is 18.0 Å². The molecule has 0 spiro atoms. The molecule has 0 amide bonds. The summed E-state index contributed by atoms with van der Waals surface area (Å²) >= 11 is 0. The van der Waals surface area contributed by atoms with E-state index in [1.165, 1.54) is 7.11 Å². The molecule has 1 aromatic carbocycles. The van der Waals surface area contributed by atoms with Gasteiger partial charge in [0.25, 0.3) is 0 Å². The number of esters is 1. The van der Waals surface area contributed by atoms with Crippen LogP contribution in [0, 0.1) is 6.92 Å². The van der Waals surface area contributed by atoms with E-state index < -0.39 is 0 Å². The zero-order valence-electron chi connectivity index (χ0n) is 11.2. The number of hydrogen-bond donors (Lipinski definition) is 1. The molecule has 0 saturated carbocycles. The molecule has 1 aromatic rings. The van der Waals surface area contributed by atoms with Crippen molar-refractivity contribution in [1.29, 1.82) is 0 Å². The third kappa shape index (κ3) is 4.37. The molecule has 0 bridgehead atoms. The Labute approximate surface area is 108 Å². The van der Waals surface area contributed by atoms with Crippen LogP contribution in [0.4, 0.5) is 0 Å². The Morgan fingerprint density at radius 2 is 2.17 bits per heavy atom. The van der Waals surface area contributed by atoms with Gasteiger partial charge in [-0.1, -0.05) is 17.7 Å². The van der Waals surface area contributed by atoms with Crippen LogP contribution in [-0.4, -0.2) is 19.7 Å². The second kappa shape index (κ2) is 7.01. The van der Waals surface area contributed by atoms with Gasteiger partial charge >= 0.3 is 5.97 Å². The molecule has 0 aliphatic carbocycles. The molecular formula is C14H21NO3. The number of rotatable bonds is 6. The highest BCUT2D eigenvalue weighted by molar-refractivity contribution is 5.69. The Morgan fingerprint density at radius 1 is 1.44 bits per heavy atom. The lowest BCUT2D eigenvalue weighted by Gasteiger charge is -2.14. The largest absolute Gasteiger partial charge is 0.493 e. The molecule has 2 N–H and O–H groups in total. The molecule has 4 heteroatoms. The van der Waals surface area contributed by atoms with E-state index in [-0.39, 0.29) is 12.0 Å². The maximum absolute atomic E-state index is 10.9. The minimum atomic E-state index is -0.213. The van der Waals surface area contributed by atoms with Crippen LogP contribution in [0.25, 0.3) is 0 Å². The van der Waals surface area contributed by atoms with E-state index in [9.17, 15) is 4.79 Å². The Balaban J connectivity index is 2.54. The van der Waals surface area contributed by atoms with Crippen molar-refractivity contribution < 1.29 is 14.3 Å². The number of ether oxygens (including phenoxy) is 2. The van der Waals surface area contributed by atoms with Crippen LogP contribution >= 0.6 is 0 Å². The van der Waals surface area contributed by atoms with Gasteiger partial charge in [0.2, 0.25) is 0 Å². The minimum absolute atomic E-state index is 0.0690. The number of aryl methyl sites for hydroxylation is 1. The summed E-state index contributed by atoms with van der Waals surface area (Å²) in [6, 6.07) is 5.87. The standard InChI is InChI=1S/C14H21NO3/c1-10-6-7-13(12(9-10)11(2)15)18-8-4-5-14(16)17-3/h6-7,9,11H,4-5,8,15H2,1-3H3/t11-/m1/s1. The van der Waals surface area contributed by atoms with Gasteiger partial charge in [-0.2, -0.15) is 0 Å². The normalized spacial score (nSPS) is 12.0. The lowest BCUT2D eigenvalue weighted by atomic mass is 10.1. The monoisotopic (exact) mass is 251 g/mol. The van der Waals surface area contributed by atoms with E-state index in [1.54, 1.807) is 0 Å². The molecule has 100 valence electrons.